The molecular weight excluding hydrogens is 184 g/mol. The van der Waals surface area contributed by atoms with E-state index in [1.54, 1.807) is 0 Å². The van der Waals surface area contributed by atoms with E-state index in [1.807, 2.05) is 0 Å². The summed E-state index contributed by atoms with van der Waals surface area (Å²) in [5.74, 6) is 0. The molecule has 2 unspecified atom stereocenters. The number of nitrogens with two attached hydrogens (primary N) is 1. The molecule has 1 aliphatic rings. The molecule has 2 heteroatoms. The summed E-state index contributed by atoms with van der Waals surface area (Å²) in [5.41, 5.74) is 6.42. The van der Waals surface area contributed by atoms with Gasteiger partial charge in [0.1, 0.15) is 0 Å². The third-order valence-electron chi connectivity index (χ3n) is 3.85. The topological polar surface area (TPSA) is 29.3 Å². The molecule has 1 saturated heterocycles. The van der Waals surface area contributed by atoms with Gasteiger partial charge in [0.25, 0.3) is 0 Å². The molecule has 1 heterocycles. The second-order valence-electron chi connectivity index (χ2n) is 5.35. The molecule has 2 N–H and O–H groups in total. The highest BCUT2D eigenvalue weighted by Crippen LogP contribution is 2.30. The molecule has 1 rings (SSSR count). The summed E-state index contributed by atoms with van der Waals surface area (Å²) in [7, 11) is 0. The van der Waals surface area contributed by atoms with Gasteiger partial charge < -0.3 is 5.73 Å². The molecule has 15 heavy (non-hydrogen) atoms. The van der Waals surface area contributed by atoms with Crippen LogP contribution < -0.4 is 5.73 Å². The Bertz CT molecular complexity index is 181. The number of unbranched alkanes of at least 4 members (excludes halogenated alkanes) is 1. The van der Waals surface area contributed by atoms with E-state index in [1.165, 1.54) is 45.1 Å². The second kappa shape index (κ2) is 5.86. The van der Waals surface area contributed by atoms with Crippen molar-refractivity contribution in [3.8, 4) is 0 Å². The van der Waals surface area contributed by atoms with Gasteiger partial charge in [0.15, 0.2) is 0 Å². The zero-order chi connectivity index (χ0) is 11.3. The monoisotopic (exact) mass is 212 g/mol. The third kappa shape index (κ3) is 3.46. The lowest BCUT2D eigenvalue weighted by Crippen LogP contribution is -2.46. The number of hydrogen-bond acceptors (Lipinski definition) is 2. The van der Waals surface area contributed by atoms with Crippen LogP contribution >= 0.6 is 0 Å². The molecule has 1 aliphatic heterocycles. The molecule has 0 saturated carbocycles. The van der Waals surface area contributed by atoms with Crippen molar-refractivity contribution in [2.45, 2.75) is 70.9 Å². The number of nitrogens with zero attached hydrogens (tertiary/aromatic N) is 1. The Morgan fingerprint density at radius 3 is 2.47 bits per heavy atom. The van der Waals surface area contributed by atoms with E-state index < -0.39 is 0 Å². The first-order valence-corrected chi connectivity index (χ1v) is 6.63. The minimum absolute atomic E-state index is 0.416. The van der Waals surface area contributed by atoms with Crippen molar-refractivity contribution < 1.29 is 0 Å². The van der Waals surface area contributed by atoms with Crippen LogP contribution in [-0.4, -0.2) is 29.6 Å². The Morgan fingerprint density at radius 2 is 2.00 bits per heavy atom. The molecular formula is C13H28N2. The fraction of sp³-hybridized carbons (Fsp3) is 1.00. The SMILES string of the molecule is CCCCC(C)(CCC)N1CCC(N)C1. The van der Waals surface area contributed by atoms with E-state index in [2.05, 4.69) is 25.7 Å². The maximum absolute atomic E-state index is 6.00. The van der Waals surface area contributed by atoms with Crippen LogP contribution in [-0.2, 0) is 0 Å². The van der Waals surface area contributed by atoms with E-state index in [4.69, 9.17) is 5.73 Å². The van der Waals surface area contributed by atoms with Gasteiger partial charge in [-0.05, 0) is 26.2 Å². The standard InChI is InChI=1S/C13H28N2/c1-4-6-9-13(3,8-5-2)15-10-7-12(14)11-15/h12H,4-11,14H2,1-3H3. The molecule has 90 valence electrons. The Hall–Kier alpha value is -0.0800. The summed E-state index contributed by atoms with van der Waals surface area (Å²) in [6, 6.07) is 0.419. The van der Waals surface area contributed by atoms with Crippen LogP contribution in [0.4, 0.5) is 0 Å². The summed E-state index contributed by atoms with van der Waals surface area (Å²) in [5, 5.41) is 0. The Balaban J connectivity index is 2.54. The van der Waals surface area contributed by atoms with Gasteiger partial charge in [0, 0.05) is 24.7 Å². The van der Waals surface area contributed by atoms with Gasteiger partial charge in [-0.2, -0.15) is 0 Å². The van der Waals surface area contributed by atoms with Crippen LogP contribution in [0.25, 0.3) is 0 Å². The van der Waals surface area contributed by atoms with Crippen LogP contribution in [0.2, 0.25) is 0 Å². The van der Waals surface area contributed by atoms with Crippen molar-refractivity contribution in [2.75, 3.05) is 13.1 Å². The van der Waals surface area contributed by atoms with Crippen molar-refractivity contribution in [3.05, 3.63) is 0 Å². The molecule has 2 nitrogen and oxygen atoms in total. The molecule has 2 atom stereocenters. The highest BCUT2D eigenvalue weighted by molar-refractivity contribution is 4.92. The zero-order valence-corrected chi connectivity index (χ0v) is 10.8. The average Bonchev–Trinajstić information content (AvgIpc) is 2.63. The van der Waals surface area contributed by atoms with Crippen molar-refractivity contribution >= 4 is 0 Å². The highest BCUT2D eigenvalue weighted by atomic mass is 15.2. The molecule has 0 bridgehead atoms. The summed E-state index contributed by atoms with van der Waals surface area (Å²) in [4.78, 5) is 2.64. The largest absolute Gasteiger partial charge is 0.326 e. The van der Waals surface area contributed by atoms with Crippen molar-refractivity contribution in [1.82, 2.24) is 4.90 Å². The summed E-state index contributed by atoms with van der Waals surface area (Å²) in [6.45, 7) is 9.33. The Kier molecular flexibility index (Phi) is 5.07. The van der Waals surface area contributed by atoms with Crippen LogP contribution in [0.15, 0.2) is 0 Å². The van der Waals surface area contributed by atoms with E-state index in [-0.39, 0.29) is 0 Å². The van der Waals surface area contributed by atoms with Crippen LogP contribution in [0, 0.1) is 0 Å². The number of hydrogen-bond donors (Lipinski definition) is 1. The van der Waals surface area contributed by atoms with E-state index >= 15 is 0 Å². The molecule has 0 spiro atoms. The van der Waals surface area contributed by atoms with Crippen LogP contribution in [0.3, 0.4) is 0 Å². The summed E-state index contributed by atoms with van der Waals surface area (Å²) < 4.78 is 0. The molecule has 0 aromatic rings. The summed E-state index contributed by atoms with van der Waals surface area (Å²) >= 11 is 0. The van der Waals surface area contributed by atoms with E-state index in [9.17, 15) is 0 Å². The van der Waals surface area contributed by atoms with Gasteiger partial charge in [0.2, 0.25) is 0 Å². The highest BCUT2D eigenvalue weighted by Gasteiger charge is 2.34. The van der Waals surface area contributed by atoms with Gasteiger partial charge >= 0.3 is 0 Å². The van der Waals surface area contributed by atoms with Gasteiger partial charge in [-0.15, -0.1) is 0 Å². The lowest BCUT2D eigenvalue weighted by molar-refractivity contribution is 0.109. The van der Waals surface area contributed by atoms with Gasteiger partial charge in [-0.25, -0.2) is 0 Å². The Morgan fingerprint density at radius 1 is 1.27 bits per heavy atom. The molecule has 0 aromatic heterocycles. The lowest BCUT2D eigenvalue weighted by atomic mass is 9.88. The molecule has 0 radical (unpaired) electrons. The van der Waals surface area contributed by atoms with Crippen LogP contribution in [0.1, 0.15) is 59.3 Å². The van der Waals surface area contributed by atoms with Crippen LogP contribution in [0.5, 0.6) is 0 Å². The zero-order valence-electron chi connectivity index (χ0n) is 10.8. The minimum atomic E-state index is 0.416. The third-order valence-corrected chi connectivity index (χ3v) is 3.85. The maximum atomic E-state index is 6.00. The fourth-order valence-corrected chi connectivity index (χ4v) is 2.82. The van der Waals surface area contributed by atoms with Crippen molar-refractivity contribution in [2.24, 2.45) is 5.73 Å². The predicted molar refractivity (Wildman–Crippen MR) is 67.0 cm³/mol. The Labute approximate surface area is 95.2 Å². The molecule has 0 aliphatic carbocycles. The van der Waals surface area contributed by atoms with E-state index in [0.717, 1.165) is 6.54 Å². The number of rotatable bonds is 6. The molecule has 0 aromatic carbocycles. The lowest BCUT2D eigenvalue weighted by Gasteiger charge is -2.39. The smallest absolute Gasteiger partial charge is 0.0182 e. The van der Waals surface area contributed by atoms with Crippen molar-refractivity contribution in [1.29, 1.82) is 0 Å². The van der Waals surface area contributed by atoms with Gasteiger partial charge in [0.05, 0.1) is 0 Å². The van der Waals surface area contributed by atoms with Crippen molar-refractivity contribution in [3.63, 3.8) is 0 Å². The van der Waals surface area contributed by atoms with Gasteiger partial charge in [-0.1, -0.05) is 33.1 Å². The summed E-state index contributed by atoms with van der Waals surface area (Å²) in [6.07, 6.45) is 7.78. The number of likely N-dealkylation sites (tertiary alicyclic amines) is 1. The minimum Gasteiger partial charge on any atom is -0.326 e. The molecule has 0 amide bonds. The first kappa shape index (κ1) is 13.0. The van der Waals surface area contributed by atoms with E-state index in [0.29, 0.717) is 11.6 Å². The normalized spacial score (nSPS) is 26.8. The maximum Gasteiger partial charge on any atom is 0.0182 e. The van der Waals surface area contributed by atoms with Gasteiger partial charge in [-0.3, -0.25) is 4.90 Å². The fourth-order valence-electron chi connectivity index (χ4n) is 2.82. The average molecular weight is 212 g/mol. The first-order chi connectivity index (χ1) is 7.12. The first-order valence-electron chi connectivity index (χ1n) is 6.63. The predicted octanol–water partition coefficient (Wildman–Crippen LogP) is 2.77. The second-order valence-corrected chi connectivity index (χ2v) is 5.35. The molecule has 1 fully saturated rings. The quantitative estimate of drug-likeness (QED) is 0.733.